The van der Waals surface area contributed by atoms with Crippen LogP contribution in [0.2, 0.25) is 0 Å². The molecule has 2 rings (SSSR count). The van der Waals surface area contributed by atoms with Gasteiger partial charge in [-0.3, -0.25) is 4.79 Å². The molecule has 0 aliphatic carbocycles. The van der Waals surface area contributed by atoms with Crippen molar-refractivity contribution >= 4 is 29.4 Å². The van der Waals surface area contributed by atoms with Crippen LogP contribution in [0.3, 0.4) is 0 Å². The maximum absolute atomic E-state index is 11.7. The largest absolute Gasteiger partial charge is 0.355 e. The van der Waals surface area contributed by atoms with E-state index in [4.69, 9.17) is 0 Å². The number of amides is 1. The Morgan fingerprint density at radius 2 is 1.81 bits per heavy atom. The van der Waals surface area contributed by atoms with E-state index in [0.717, 1.165) is 12.2 Å². The lowest BCUT2D eigenvalue weighted by molar-refractivity contribution is -0.118. The molecule has 110 valence electrons. The van der Waals surface area contributed by atoms with Crippen LogP contribution in [-0.4, -0.2) is 33.9 Å². The maximum Gasteiger partial charge on any atom is 0.230 e. The normalized spacial score (nSPS) is 10.3. The van der Waals surface area contributed by atoms with Gasteiger partial charge in [-0.05, 0) is 30.4 Å². The van der Waals surface area contributed by atoms with E-state index in [1.165, 1.54) is 16.7 Å². The van der Waals surface area contributed by atoms with Crippen molar-refractivity contribution in [3.8, 4) is 0 Å². The number of benzene rings is 1. The number of aromatic nitrogens is 2. The first kappa shape index (κ1) is 15.9. The quantitative estimate of drug-likeness (QED) is 0.461. The van der Waals surface area contributed by atoms with E-state index < -0.39 is 0 Å². The summed E-state index contributed by atoms with van der Waals surface area (Å²) < 4.78 is 0. The Morgan fingerprint density at radius 3 is 2.57 bits per heavy atom. The van der Waals surface area contributed by atoms with Crippen LogP contribution in [0.25, 0.3) is 0 Å². The number of hydrogen-bond acceptors (Lipinski definition) is 5. The first-order valence-corrected chi connectivity index (χ1v) is 8.66. The fourth-order valence-corrected chi connectivity index (χ4v) is 3.05. The Balaban J connectivity index is 1.53. The number of nitrogens with zero attached hydrogens (tertiary/aromatic N) is 2. The summed E-state index contributed by atoms with van der Waals surface area (Å²) in [4.78, 5) is 21.0. The lowest BCUT2D eigenvalue weighted by atomic mass is 10.4. The molecule has 0 saturated heterocycles. The average molecular weight is 319 g/mol. The third kappa shape index (κ3) is 6.64. The molecule has 0 fully saturated rings. The minimum atomic E-state index is 0.0252. The highest BCUT2D eigenvalue weighted by molar-refractivity contribution is 7.99. The fraction of sp³-hybridized carbons (Fsp3) is 0.267. The van der Waals surface area contributed by atoms with Crippen molar-refractivity contribution in [2.24, 2.45) is 0 Å². The van der Waals surface area contributed by atoms with Crippen molar-refractivity contribution < 1.29 is 4.79 Å². The van der Waals surface area contributed by atoms with Crippen LogP contribution in [0.1, 0.15) is 6.42 Å². The van der Waals surface area contributed by atoms with E-state index in [9.17, 15) is 4.79 Å². The molecule has 1 amide bonds. The smallest absolute Gasteiger partial charge is 0.230 e. The minimum Gasteiger partial charge on any atom is -0.355 e. The molecule has 1 heterocycles. The van der Waals surface area contributed by atoms with Gasteiger partial charge in [0.25, 0.3) is 0 Å². The van der Waals surface area contributed by atoms with Crippen LogP contribution in [0.15, 0.2) is 58.8 Å². The van der Waals surface area contributed by atoms with Crippen molar-refractivity contribution in [1.29, 1.82) is 0 Å². The molecule has 0 atom stereocenters. The molecule has 0 bridgehead atoms. The molecule has 0 unspecified atom stereocenters. The molecule has 0 aliphatic rings. The van der Waals surface area contributed by atoms with E-state index in [-0.39, 0.29) is 5.91 Å². The molecule has 1 aromatic carbocycles. The molecule has 0 aliphatic heterocycles. The van der Waals surface area contributed by atoms with Gasteiger partial charge in [0.15, 0.2) is 5.16 Å². The van der Waals surface area contributed by atoms with E-state index in [1.54, 1.807) is 30.2 Å². The molecule has 21 heavy (non-hydrogen) atoms. The average Bonchev–Trinajstić information content (AvgIpc) is 2.54. The second-order valence-electron chi connectivity index (χ2n) is 4.19. The van der Waals surface area contributed by atoms with E-state index >= 15 is 0 Å². The van der Waals surface area contributed by atoms with Gasteiger partial charge in [0, 0.05) is 23.8 Å². The van der Waals surface area contributed by atoms with Gasteiger partial charge in [-0.15, -0.1) is 11.8 Å². The zero-order valence-corrected chi connectivity index (χ0v) is 13.2. The third-order valence-corrected chi connectivity index (χ3v) is 4.50. The molecule has 6 heteroatoms. The van der Waals surface area contributed by atoms with Gasteiger partial charge in [-0.25, -0.2) is 9.97 Å². The van der Waals surface area contributed by atoms with Crippen molar-refractivity contribution in [2.75, 3.05) is 18.1 Å². The van der Waals surface area contributed by atoms with Crippen LogP contribution in [0.4, 0.5) is 0 Å². The fourth-order valence-electron chi connectivity index (χ4n) is 1.55. The molecular formula is C15H17N3OS2. The summed E-state index contributed by atoms with van der Waals surface area (Å²) in [7, 11) is 0. The Morgan fingerprint density at radius 1 is 1.05 bits per heavy atom. The second kappa shape index (κ2) is 9.41. The van der Waals surface area contributed by atoms with Crippen molar-refractivity contribution in [2.45, 2.75) is 16.5 Å². The monoisotopic (exact) mass is 319 g/mol. The van der Waals surface area contributed by atoms with Crippen molar-refractivity contribution in [1.82, 2.24) is 15.3 Å². The van der Waals surface area contributed by atoms with Gasteiger partial charge in [-0.1, -0.05) is 30.0 Å². The maximum atomic E-state index is 11.7. The van der Waals surface area contributed by atoms with Crippen LogP contribution >= 0.6 is 23.5 Å². The molecular weight excluding hydrogens is 302 g/mol. The van der Waals surface area contributed by atoms with Gasteiger partial charge < -0.3 is 5.32 Å². The number of thioether (sulfide) groups is 2. The van der Waals surface area contributed by atoms with Crippen LogP contribution in [-0.2, 0) is 4.79 Å². The summed E-state index contributed by atoms with van der Waals surface area (Å²) in [5, 5.41) is 3.54. The zero-order chi connectivity index (χ0) is 14.8. The summed E-state index contributed by atoms with van der Waals surface area (Å²) in [6, 6.07) is 12.0. The number of hydrogen-bond donors (Lipinski definition) is 1. The lowest BCUT2D eigenvalue weighted by Crippen LogP contribution is -2.26. The standard InChI is InChI=1S/C15H17N3OS2/c19-14(12-21-15-17-8-4-9-18-15)16-10-5-11-20-13-6-2-1-3-7-13/h1-4,6-9H,5,10-12H2,(H,16,19). The first-order valence-electron chi connectivity index (χ1n) is 6.69. The highest BCUT2D eigenvalue weighted by Gasteiger charge is 2.03. The molecule has 0 radical (unpaired) electrons. The summed E-state index contributed by atoms with van der Waals surface area (Å²) in [5.41, 5.74) is 0. The van der Waals surface area contributed by atoms with Crippen LogP contribution in [0, 0.1) is 0 Å². The number of nitrogens with one attached hydrogen (secondary N) is 1. The summed E-state index contributed by atoms with van der Waals surface area (Å²) in [6.07, 6.45) is 4.31. The number of carbonyl (C=O) groups excluding carboxylic acids is 1. The van der Waals surface area contributed by atoms with Gasteiger partial charge >= 0.3 is 0 Å². The molecule has 0 saturated carbocycles. The molecule has 2 aromatic rings. The third-order valence-electron chi connectivity index (χ3n) is 2.53. The lowest BCUT2D eigenvalue weighted by Gasteiger charge is -2.04. The molecule has 0 spiro atoms. The van der Waals surface area contributed by atoms with E-state index in [0.29, 0.717) is 17.5 Å². The Labute approximate surface area is 133 Å². The van der Waals surface area contributed by atoms with E-state index in [1.807, 2.05) is 18.2 Å². The Hall–Kier alpha value is -1.53. The van der Waals surface area contributed by atoms with Crippen LogP contribution in [0.5, 0.6) is 0 Å². The second-order valence-corrected chi connectivity index (χ2v) is 6.30. The predicted octanol–water partition coefficient (Wildman–Crippen LogP) is 2.87. The minimum absolute atomic E-state index is 0.0252. The van der Waals surface area contributed by atoms with Gasteiger partial charge in [-0.2, -0.15) is 0 Å². The predicted molar refractivity (Wildman–Crippen MR) is 87.5 cm³/mol. The highest BCUT2D eigenvalue weighted by Crippen LogP contribution is 2.17. The molecule has 1 N–H and O–H groups in total. The first-order chi connectivity index (χ1) is 10.3. The topological polar surface area (TPSA) is 54.9 Å². The summed E-state index contributed by atoms with van der Waals surface area (Å²) in [6.45, 7) is 0.703. The number of rotatable bonds is 8. The molecule has 1 aromatic heterocycles. The van der Waals surface area contributed by atoms with Crippen molar-refractivity contribution in [3.05, 3.63) is 48.8 Å². The highest BCUT2D eigenvalue weighted by atomic mass is 32.2. The van der Waals surface area contributed by atoms with Crippen molar-refractivity contribution in [3.63, 3.8) is 0 Å². The number of carbonyl (C=O) groups is 1. The molecule has 4 nitrogen and oxygen atoms in total. The Bertz CT molecular complexity index is 537. The van der Waals surface area contributed by atoms with Crippen LogP contribution < -0.4 is 5.32 Å². The summed E-state index contributed by atoms with van der Waals surface area (Å²) in [5.74, 6) is 1.38. The van der Waals surface area contributed by atoms with Gasteiger partial charge in [0.2, 0.25) is 5.91 Å². The zero-order valence-electron chi connectivity index (χ0n) is 11.6. The SMILES string of the molecule is O=C(CSc1ncccn1)NCCCSc1ccccc1. The van der Waals surface area contributed by atoms with Gasteiger partial charge in [0.1, 0.15) is 0 Å². The van der Waals surface area contributed by atoms with E-state index in [2.05, 4.69) is 27.4 Å². The van der Waals surface area contributed by atoms with Gasteiger partial charge in [0.05, 0.1) is 5.75 Å². The Kier molecular flexibility index (Phi) is 7.11. The summed E-state index contributed by atoms with van der Waals surface area (Å²) >= 11 is 3.16.